The minimum Gasteiger partial charge on any atom is -0.491 e. The lowest BCUT2D eigenvalue weighted by Crippen LogP contribution is -2.33. The normalized spacial score (nSPS) is 14.2. The number of Topliss-reactive ketones (excluding diaryl/α,β-unsaturated/α-hetero) is 1. The van der Waals surface area contributed by atoms with Crippen LogP contribution in [0.15, 0.2) is 53.2 Å². The summed E-state index contributed by atoms with van der Waals surface area (Å²) in [4.78, 5) is 19.3. The van der Waals surface area contributed by atoms with Crippen molar-refractivity contribution >= 4 is 5.78 Å². The molecule has 1 saturated heterocycles. The summed E-state index contributed by atoms with van der Waals surface area (Å²) in [6.07, 6.45) is 6.28. The predicted molar refractivity (Wildman–Crippen MR) is 140 cm³/mol. The molecule has 0 unspecified atom stereocenters. The molecule has 36 heavy (non-hydrogen) atoms. The first-order valence-electron chi connectivity index (χ1n) is 12.8. The van der Waals surface area contributed by atoms with Crippen molar-refractivity contribution in [3.63, 3.8) is 0 Å². The number of aromatic nitrogens is 2. The number of hydrogen-bond acceptors (Lipinski definition) is 6. The van der Waals surface area contributed by atoms with E-state index in [1.54, 1.807) is 6.20 Å². The van der Waals surface area contributed by atoms with E-state index in [4.69, 9.17) is 9.26 Å². The van der Waals surface area contributed by atoms with Crippen LogP contribution in [-0.2, 0) is 23.1 Å². The van der Waals surface area contributed by atoms with E-state index in [9.17, 15) is 4.79 Å². The van der Waals surface area contributed by atoms with E-state index in [1.165, 1.54) is 32.4 Å². The number of hydrogen-bond donors (Lipinski definition) is 0. The molecule has 1 fully saturated rings. The Kier molecular flexibility index (Phi) is 8.56. The maximum atomic E-state index is 12.5. The average Bonchev–Trinajstić information content (AvgIpc) is 3.34. The van der Waals surface area contributed by atoms with Gasteiger partial charge in [0, 0.05) is 30.0 Å². The van der Waals surface area contributed by atoms with Gasteiger partial charge < -0.3 is 9.26 Å². The summed E-state index contributed by atoms with van der Waals surface area (Å²) in [5, 5.41) is 4.04. The van der Waals surface area contributed by atoms with Crippen LogP contribution in [0.3, 0.4) is 0 Å². The van der Waals surface area contributed by atoms with Crippen LogP contribution in [0.4, 0.5) is 0 Å². The van der Waals surface area contributed by atoms with Gasteiger partial charge in [0.25, 0.3) is 0 Å². The van der Waals surface area contributed by atoms with Crippen LogP contribution in [0.5, 0.6) is 5.75 Å². The van der Waals surface area contributed by atoms with Crippen LogP contribution in [0, 0.1) is 11.8 Å². The van der Waals surface area contributed by atoms with Crippen LogP contribution in [0.2, 0.25) is 0 Å². The third kappa shape index (κ3) is 7.79. The highest BCUT2D eigenvalue weighted by atomic mass is 16.5. The third-order valence-corrected chi connectivity index (χ3v) is 6.23. The van der Waals surface area contributed by atoms with Crippen molar-refractivity contribution in [3.05, 3.63) is 76.9 Å². The van der Waals surface area contributed by atoms with Crippen LogP contribution >= 0.6 is 0 Å². The molecule has 3 heterocycles. The van der Waals surface area contributed by atoms with Gasteiger partial charge >= 0.3 is 0 Å². The first-order chi connectivity index (χ1) is 17.3. The summed E-state index contributed by atoms with van der Waals surface area (Å²) in [7, 11) is 0. The van der Waals surface area contributed by atoms with E-state index < -0.39 is 0 Å². The molecule has 2 aromatic heterocycles. The Labute approximate surface area is 214 Å². The van der Waals surface area contributed by atoms with Crippen LogP contribution < -0.4 is 4.74 Å². The number of carbonyl (C=O) groups excluding carboxylic acids is 1. The van der Waals surface area contributed by atoms with E-state index in [1.807, 2.05) is 42.5 Å². The number of benzene rings is 1. The Hall–Kier alpha value is -3.43. The van der Waals surface area contributed by atoms with Crippen molar-refractivity contribution in [3.8, 4) is 17.6 Å². The van der Waals surface area contributed by atoms with Gasteiger partial charge in [0.2, 0.25) is 0 Å². The number of pyridine rings is 1. The maximum absolute atomic E-state index is 12.5. The Bertz CT molecular complexity index is 1190. The molecule has 188 valence electrons. The molecule has 1 aromatic carbocycles. The van der Waals surface area contributed by atoms with Crippen molar-refractivity contribution < 1.29 is 14.1 Å². The second-order valence-electron chi connectivity index (χ2n) is 10.4. The van der Waals surface area contributed by atoms with Gasteiger partial charge in [0.15, 0.2) is 0 Å². The number of ether oxygens (including phenoxy) is 1. The molecule has 3 aromatic rings. The molecule has 1 aliphatic heterocycles. The highest BCUT2D eigenvalue weighted by molar-refractivity contribution is 5.82. The Morgan fingerprint density at radius 1 is 1.03 bits per heavy atom. The maximum Gasteiger partial charge on any atom is 0.143 e. The van der Waals surface area contributed by atoms with Crippen molar-refractivity contribution in [2.75, 3.05) is 26.2 Å². The van der Waals surface area contributed by atoms with E-state index in [2.05, 4.69) is 47.7 Å². The SMILES string of the molecule is CC(C)(C)c1cc(CC(=O)Cc2ccc(C#Cc3ccc(OCCN4CCCCC4)cn3)cc2)no1. The minimum atomic E-state index is -0.122. The zero-order valence-corrected chi connectivity index (χ0v) is 21.5. The van der Waals surface area contributed by atoms with Gasteiger partial charge in [0.05, 0.1) is 18.3 Å². The standard InChI is InChI=1S/C30H35N3O3/c1-30(2,3)29-21-26(32-36-29)20-27(34)19-24-9-7-23(8-10-24)11-12-25-13-14-28(22-31-25)35-18-17-33-15-5-4-6-16-33/h7-10,13-14,21-22H,4-6,15-20H2,1-3H3. The highest BCUT2D eigenvalue weighted by Crippen LogP contribution is 2.23. The molecule has 0 spiro atoms. The van der Waals surface area contributed by atoms with E-state index >= 15 is 0 Å². The molecule has 6 nitrogen and oxygen atoms in total. The quantitative estimate of drug-likeness (QED) is 0.419. The second-order valence-corrected chi connectivity index (χ2v) is 10.4. The average molecular weight is 486 g/mol. The number of carbonyl (C=O) groups is 1. The van der Waals surface area contributed by atoms with Gasteiger partial charge in [-0.2, -0.15) is 0 Å². The van der Waals surface area contributed by atoms with Gasteiger partial charge in [-0.15, -0.1) is 0 Å². The molecular formula is C30H35N3O3. The monoisotopic (exact) mass is 485 g/mol. The number of piperidine rings is 1. The van der Waals surface area contributed by atoms with E-state index in [0.29, 0.717) is 24.4 Å². The van der Waals surface area contributed by atoms with Crippen LogP contribution in [0.1, 0.15) is 68.3 Å². The fraction of sp³-hybridized carbons (Fsp3) is 0.433. The molecule has 6 heteroatoms. The van der Waals surface area contributed by atoms with Crippen molar-refractivity contribution in [2.24, 2.45) is 0 Å². The van der Waals surface area contributed by atoms with Gasteiger partial charge in [0.1, 0.15) is 29.6 Å². The Balaban J connectivity index is 1.24. The largest absolute Gasteiger partial charge is 0.491 e. The number of ketones is 1. The summed E-state index contributed by atoms with van der Waals surface area (Å²) >= 11 is 0. The molecule has 4 rings (SSSR count). The summed E-state index contributed by atoms with van der Waals surface area (Å²) in [6.45, 7) is 10.2. The number of nitrogens with zero attached hydrogens (tertiary/aromatic N) is 3. The fourth-order valence-electron chi connectivity index (χ4n) is 4.10. The highest BCUT2D eigenvalue weighted by Gasteiger charge is 2.20. The van der Waals surface area contributed by atoms with Crippen LogP contribution in [0.25, 0.3) is 0 Å². The van der Waals surface area contributed by atoms with Crippen molar-refractivity contribution in [1.82, 2.24) is 15.0 Å². The molecule has 0 bridgehead atoms. The Morgan fingerprint density at radius 3 is 2.47 bits per heavy atom. The second kappa shape index (κ2) is 12.0. The molecule has 0 amide bonds. The van der Waals surface area contributed by atoms with Gasteiger partial charge in [-0.05, 0) is 61.7 Å². The van der Waals surface area contributed by atoms with E-state index in [0.717, 1.165) is 29.2 Å². The number of likely N-dealkylation sites (tertiary alicyclic amines) is 1. The minimum absolute atomic E-state index is 0.102. The molecule has 0 saturated carbocycles. The number of rotatable bonds is 8. The fourth-order valence-corrected chi connectivity index (χ4v) is 4.10. The summed E-state index contributed by atoms with van der Waals surface area (Å²) in [5.74, 6) is 7.89. The molecule has 0 radical (unpaired) electrons. The molecule has 0 N–H and O–H groups in total. The predicted octanol–water partition coefficient (Wildman–Crippen LogP) is 4.99. The lowest BCUT2D eigenvalue weighted by atomic mass is 9.93. The Morgan fingerprint density at radius 2 is 1.81 bits per heavy atom. The van der Waals surface area contributed by atoms with Crippen molar-refractivity contribution in [2.45, 2.75) is 58.3 Å². The topological polar surface area (TPSA) is 68.5 Å². The summed E-state index contributed by atoms with van der Waals surface area (Å²) < 4.78 is 11.2. The summed E-state index contributed by atoms with van der Waals surface area (Å²) in [5.41, 5.74) is 3.08. The van der Waals surface area contributed by atoms with Gasteiger partial charge in [-0.25, -0.2) is 4.98 Å². The molecule has 1 aliphatic rings. The molecule has 0 aliphatic carbocycles. The lowest BCUT2D eigenvalue weighted by molar-refractivity contribution is -0.117. The first-order valence-corrected chi connectivity index (χ1v) is 12.8. The van der Waals surface area contributed by atoms with Crippen molar-refractivity contribution in [1.29, 1.82) is 0 Å². The lowest BCUT2D eigenvalue weighted by Gasteiger charge is -2.26. The summed E-state index contributed by atoms with van der Waals surface area (Å²) in [6, 6.07) is 13.4. The zero-order chi connectivity index (χ0) is 25.4. The zero-order valence-electron chi connectivity index (χ0n) is 21.5. The molecular weight excluding hydrogens is 450 g/mol. The first kappa shape index (κ1) is 25.7. The van der Waals surface area contributed by atoms with E-state index in [-0.39, 0.29) is 17.6 Å². The third-order valence-electron chi connectivity index (χ3n) is 6.23. The van der Waals surface area contributed by atoms with Gasteiger partial charge in [-0.1, -0.05) is 50.4 Å². The smallest absolute Gasteiger partial charge is 0.143 e. The molecule has 0 atom stereocenters. The van der Waals surface area contributed by atoms with Gasteiger partial charge in [-0.3, -0.25) is 9.69 Å². The van der Waals surface area contributed by atoms with Crippen LogP contribution in [-0.4, -0.2) is 47.1 Å².